The molecule has 0 amide bonds. The quantitative estimate of drug-likeness (QED) is 0.769. The van der Waals surface area contributed by atoms with Crippen molar-refractivity contribution < 1.29 is 0 Å². The molecular formula is C13H25N3. The molecule has 92 valence electrons. The van der Waals surface area contributed by atoms with Crippen LogP contribution in [0.25, 0.3) is 0 Å². The van der Waals surface area contributed by atoms with Gasteiger partial charge in [-0.2, -0.15) is 5.10 Å². The number of hydrogen-bond acceptors (Lipinski definition) is 2. The van der Waals surface area contributed by atoms with Crippen molar-refractivity contribution in [3.63, 3.8) is 0 Å². The fourth-order valence-electron chi connectivity index (χ4n) is 2.18. The maximum atomic E-state index is 4.32. The van der Waals surface area contributed by atoms with Gasteiger partial charge in [-0.15, -0.1) is 0 Å². The highest BCUT2D eigenvalue weighted by Crippen LogP contribution is 2.14. The minimum Gasteiger partial charge on any atom is -0.316 e. The van der Waals surface area contributed by atoms with E-state index in [0.29, 0.717) is 6.04 Å². The first kappa shape index (κ1) is 13.2. The summed E-state index contributed by atoms with van der Waals surface area (Å²) < 4.78 is 1.99. The van der Waals surface area contributed by atoms with E-state index in [1.54, 1.807) is 0 Å². The van der Waals surface area contributed by atoms with Crippen molar-refractivity contribution in [2.75, 3.05) is 7.05 Å². The number of hydrogen-bond donors (Lipinski definition) is 1. The van der Waals surface area contributed by atoms with Gasteiger partial charge in [0.05, 0.1) is 6.20 Å². The molecule has 0 aliphatic carbocycles. The minimum absolute atomic E-state index is 0.564. The summed E-state index contributed by atoms with van der Waals surface area (Å²) in [5, 5.41) is 7.74. The molecule has 0 bridgehead atoms. The van der Waals surface area contributed by atoms with Crippen LogP contribution in [-0.4, -0.2) is 22.9 Å². The smallest absolute Gasteiger partial charge is 0.0522 e. The molecule has 2 unspecified atom stereocenters. The molecule has 0 radical (unpaired) electrons. The highest BCUT2D eigenvalue weighted by Gasteiger charge is 2.15. The summed E-state index contributed by atoms with van der Waals surface area (Å²) in [4.78, 5) is 0. The lowest BCUT2D eigenvalue weighted by Gasteiger charge is -2.22. The van der Waals surface area contributed by atoms with Gasteiger partial charge in [-0.3, -0.25) is 4.68 Å². The summed E-state index contributed by atoms with van der Waals surface area (Å²) in [6.45, 7) is 7.65. The van der Waals surface area contributed by atoms with Crippen molar-refractivity contribution in [1.82, 2.24) is 15.1 Å². The van der Waals surface area contributed by atoms with E-state index in [0.717, 1.165) is 18.9 Å². The zero-order chi connectivity index (χ0) is 12.0. The molecule has 1 aromatic rings. The number of likely N-dealkylation sites (N-methyl/N-ethyl adjacent to an activating group) is 1. The number of aromatic nitrogens is 2. The van der Waals surface area contributed by atoms with Gasteiger partial charge in [-0.05, 0) is 38.3 Å². The van der Waals surface area contributed by atoms with Crippen LogP contribution in [0.1, 0.15) is 39.2 Å². The number of nitrogens with one attached hydrogen (secondary N) is 1. The van der Waals surface area contributed by atoms with Gasteiger partial charge in [0.25, 0.3) is 0 Å². The molecule has 0 aliphatic heterocycles. The molecule has 3 nitrogen and oxygen atoms in total. The van der Waals surface area contributed by atoms with Gasteiger partial charge in [0.1, 0.15) is 0 Å². The Balaban J connectivity index is 2.55. The maximum Gasteiger partial charge on any atom is 0.0522 e. The van der Waals surface area contributed by atoms with E-state index in [4.69, 9.17) is 0 Å². The standard InChI is InChI=1S/C13H25N3/c1-5-7-11(3)13(14-4)8-12-9-15-16(6-2)10-12/h9-11,13-14H,5-8H2,1-4H3. The molecule has 1 heterocycles. The molecule has 1 rings (SSSR count). The summed E-state index contributed by atoms with van der Waals surface area (Å²) in [6, 6.07) is 0.564. The van der Waals surface area contributed by atoms with Gasteiger partial charge in [0, 0.05) is 18.8 Å². The molecule has 3 heteroatoms. The predicted molar refractivity (Wildman–Crippen MR) is 68.5 cm³/mol. The zero-order valence-corrected chi connectivity index (χ0v) is 11.0. The molecular weight excluding hydrogens is 198 g/mol. The summed E-state index contributed by atoms with van der Waals surface area (Å²) in [5.41, 5.74) is 1.34. The summed E-state index contributed by atoms with van der Waals surface area (Å²) >= 11 is 0. The van der Waals surface area contributed by atoms with Gasteiger partial charge < -0.3 is 5.32 Å². The normalized spacial score (nSPS) is 15.0. The molecule has 0 saturated heterocycles. The van der Waals surface area contributed by atoms with E-state index in [1.165, 1.54) is 18.4 Å². The Hall–Kier alpha value is -0.830. The van der Waals surface area contributed by atoms with Crippen LogP contribution >= 0.6 is 0 Å². The van der Waals surface area contributed by atoms with Crippen LogP contribution < -0.4 is 5.32 Å². The third-order valence-electron chi connectivity index (χ3n) is 3.27. The van der Waals surface area contributed by atoms with Crippen molar-refractivity contribution in [3.05, 3.63) is 18.0 Å². The molecule has 16 heavy (non-hydrogen) atoms. The third-order valence-corrected chi connectivity index (χ3v) is 3.27. The second kappa shape index (κ2) is 6.69. The van der Waals surface area contributed by atoms with Crippen LogP contribution in [0.15, 0.2) is 12.4 Å². The van der Waals surface area contributed by atoms with E-state index in [-0.39, 0.29) is 0 Å². The minimum atomic E-state index is 0.564. The number of rotatable bonds is 7. The van der Waals surface area contributed by atoms with Crippen LogP contribution in [0.4, 0.5) is 0 Å². The summed E-state index contributed by atoms with van der Waals surface area (Å²) in [6.07, 6.45) is 7.77. The first-order valence-electron chi connectivity index (χ1n) is 6.39. The Morgan fingerprint density at radius 1 is 1.44 bits per heavy atom. The fraction of sp³-hybridized carbons (Fsp3) is 0.769. The SMILES string of the molecule is CCCC(C)C(Cc1cnn(CC)c1)NC. The lowest BCUT2D eigenvalue weighted by molar-refractivity contribution is 0.371. The van der Waals surface area contributed by atoms with E-state index in [2.05, 4.69) is 44.4 Å². The van der Waals surface area contributed by atoms with Crippen LogP contribution in [0.3, 0.4) is 0 Å². The molecule has 2 atom stereocenters. The second-order valence-electron chi connectivity index (χ2n) is 4.57. The highest BCUT2D eigenvalue weighted by atomic mass is 15.3. The molecule has 0 fully saturated rings. The monoisotopic (exact) mass is 223 g/mol. The fourth-order valence-corrected chi connectivity index (χ4v) is 2.18. The van der Waals surface area contributed by atoms with Gasteiger partial charge in [-0.25, -0.2) is 0 Å². The average molecular weight is 223 g/mol. The Bertz CT molecular complexity index is 293. The van der Waals surface area contributed by atoms with E-state index in [9.17, 15) is 0 Å². The van der Waals surface area contributed by atoms with Gasteiger partial charge >= 0.3 is 0 Å². The van der Waals surface area contributed by atoms with Crippen LogP contribution in [0.2, 0.25) is 0 Å². The largest absolute Gasteiger partial charge is 0.316 e. The van der Waals surface area contributed by atoms with Gasteiger partial charge in [0.15, 0.2) is 0 Å². The lowest BCUT2D eigenvalue weighted by Crippen LogP contribution is -2.34. The van der Waals surface area contributed by atoms with E-state index < -0.39 is 0 Å². The average Bonchev–Trinajstić information content (AvgIpc) is 2.73. The molecule has 0 spiro atoms. The lowest BCUT2D eigenvalue weighted by atomic mass is 9.93. The Morgan fingerprint density at radius 3 is 2.69 bits per heavy atom. The third kappa shape index (κ3) is 3.63. The van der Waals surface area contributed by atoms with Crippen LogP contribution in [0, 0.1) is 5.92 Å². The van der Waals surface area contributed by atoms with Crippen LogP contribution in [-0.2, 0) is 13.0 Å². The van der Waals surface area contributed by atoms with E-state index in [1.807, 2.05) is 10.9 Å². The Labute approximate surface area is 99.2 Å². The molecule has 0 saturated carbocycles. The zero-order valence-electron chi connectivity index (χ0n) is 11.0. The second-order valence-corrected chi connectivity index (χ2v) is 4.57. The molecule has 1 aromatic heterocycles. The predicted octanol–water partition coefficient (Wildman–Crippen LogP) is 2.47. The Morgan fingerprint density at radius 2 is 2.19 bits per heavy atom. The van der Waals surface area contributed by atoms with Crippen molar-refractivity contribution in [2.24, 2.45) is 5.92 Å². The molecule has 1 N–H and O–H groups in total. The molecule has 0 aromatic carbocycles. The van der Waals surface area contributed by atoms with Crippen molar-refractivity contribution in [1.29, 1.82) is 0 Å². The van der Waals surface area contributed by atoms with Gasteiger partial charge in [0.2, 0.25) is 0 Å². The summed E-state index contributed by atoms with van der Waals surface area (Å²) in [5.74, 6) is 0.722. The first-order valence-corrected chi connectivity index (χ1v) is 6.39. The Kier molecular flexibility index (Phi) is 5.53. The van der Waals surface area contributed by atoms with Crippen molar-refractivity contribution >= 4 is 0 Å². The van der Waals surface area contributed by atoms with Crippen molar-refractivity contribution in [2.45, 2.75) is 52.6 Å². The number of nitrogens with zero attached hydrogens (tertiary/aromatic N) is 2. The topological polar surface area (TPSA) is 29.9 Å². The maximum absolute atomic E-state index is 4.32. The van der Waals surface area contributed by atoms with Crippen LogP contribution in [0.5, 0.6) is 0 Å². The number of aryl methyl sites for hydroxylation is 1. The summed E-state index contributed by atoms with van der Waals surface area (Å²) in [7, 11) is 2.06. The van der Waals surface area contributed by atoms with Gasteiger partial charge in [-0.1, -0.05) is 20.3 Å². The van der Waals surface area contributed by atoms with E-state index >= 15 is 0 Å². The van der Waals surface area contributed by atoms with Crippen molar-refractivity contribution in [3.8, 4) is 0 Å². The highest BCUT2D eigenvalue weighted by molar-refractivity contribution is 5.06. The first-order chi connectivity index (χ1) is 7.71. The molecule has 0 aliphatic rings.